The molecule has 0 saturated carbocycles. The van der Waals surface area contributed by atoms with Crippen molar-refractivity contribution in [2.75, 3.05) is 40.8 Å². The third-order valence-electron chi connectivity index (χ3n) is 8.44. The number of hydrogen-bond donors (Lipinski definition) is 0. The van der Waals surface area contributed by atoms with Crippen molar-refractivity contribution in [3.05, 3.63) is 119 Å². The first-order chi connectivity index (χ1) is 24.5. The van der Waals surface area contributed by atoms with Gasteiger partial charge in [0.25, 0.3) is 0 Å². The van der Waals surface area contributed by atoms with Crippen molar-refractivity contribution in [2.24, 2.45) is 0 Å². The van der Waals surface area contributed by atoms with Gasteiger partial charge in [0.05, 0.1) is 61.5 Å². The highest BCUT2D eigenvalue weighted by molar-refractivity contribution is 7.99. The Morgan fingerprint density at radius 1 is 0.480 bits per heavy atom. The molecule has 0 bridgehead atoms. The minimum atomic E-state index is -0.513. The summed E-state index contributed by atoms with van der Waals surface area (Å²) in [7, 11) is 6.63. The van der Waals surface area contributed by atoms with Crippen LogP contribution in [0.4, 0.5) is 0 Å². The Labute approximate surface area is 300 Å². The number of methoxy groups -OCH3 is 4. The molecule has 1 fully saturated rings. The molecule has 268 valence electrons. The van der Waals surface area contributed by atoms with Crippen molar-refractivity contribution in [1.82, 2.24) is 0 Å². The smallest absolute Gasteiger partial charge is 0.132 e. The molecule has 0 amide bonds. The summed E-state index contributed by atoms with van der Waals surface area (Å²) in [5, 5.41) is 0. The zero-order valence-electron chi connectivity index (χ0n) is 29.4. The Morgan fingerprint density at radius 3 is 1.22 bits per heavy atom. The summed E-state index contributed by atoms with van der Waals surface area (Å²) in [5.41, 5.74) is 3.73. The van der Waals surface area contributed by atoms with Crippen molar-refractivity contribution in [3.8, 4) is 23.0 Å². The van der Waals surface area contributed by atoms with E-state index < -0.39 is 24.4 Å². The van der Waals surface area contributed by atoms with E-state index in [4.69, 9.17) is 42.6 Å². The first-order valence-electron chi connectivity index (χ1n) is 16.7. The van der Waals surface area contributed by atoms with Crippen molar-refractivity contribution >= 4 is 11.8 Å². The van der Waals surface area contributed by atoms with E-state index >= 15 is 0 Å². The van der Waals surface area contributed by atoms with Gasteiger partial charge in [-0.1, -0.05) is 55.5 Å². The van der Waals surface area contributed by atoms with E-state index in [-0.39, 0.29) is 5.44 Å². The zero-order chi connectivity index (χ0) is 35.1. The van der Waals surface area contributed by atoms with Gasteiger partial charge >= 0.3 is 0 Å². The highest BCUT2D eigenvalue weighted by atomic mass is 32.2. The molecule has 0 aromatic heterocycles. The van der Waals surface area contributed by atoms with E-state index in [1.807, 2.05) is 97.1 Å². The van der Waals surface area contributed by atoms with Crippen LogP contribution in [0.2, 0.25) is 0 Å². The minimum Gasteiger partial charge on any atom is -0.497 e. The maximum atomic E-state index is 6.82. The van der Waals surface area contributed by atoms with Gasteiger partial charge in [-0.15, -0.1) is 11.8 Å². The van der Waals surface area contributed by atoms with Gasteiger partial charge in [0, 0.05) is 0 Å². The monoisotopic (exact) mass is 704 g/mol. The van der Waals surface area contributed by atoms with E-state index in [9.17, 15) is 0 Å². The molecule has 0 aliphatic carbocycles. The normalized spacial score (nSPS) is 20.3. The molecule has 5 rings (SSSR count). The average molecular weight is 705 g/mol. The molecule has 9 nitrogen and oxygen atoms in total. The van der Waals surface area contributed by atoms with Gasteiger partial charge in [0.2, 0.25) is 0 Å². The van der Waals surface area contributed by atoms with Crippen LogP contribution in [0.5, 0.6) is 23.0 Å². The molecule has 2 unspecified atom stereocenters. The third-order valence-corrected chi connectivity index (χ3v) is 9.48. The van der Waals surface area contributed by atoms with Gasteiger partial charge in [-0.2, -0.15) is 0 Å². The second-order valence-corrected chi connectivity index (χ2v) is 13.1. The van der Waals surface area contributed by atoms with Crippen molar-refractivity contribution in [1.29, 1.82) is 0 Å². The fraction of sp³-hybridized carbons (Fsp3) is 0.400. The second kappa shape index (κ2) is 19.6. The van der Waals surface area contributed by atoms with Crippen LogP contribution in [0.1, 0.15) is 29.2 Å². The molecule has 0 radical (unpaired) electrons. The molecule has 50 heavy (non-hydrogen) atoms. The lowest BCUT2D eigenvalue weighted by molar-refractivity contribution is -0.254. The fourth-order valence-corrected chi connectivity index (χ4v) is 6.61. The lowest BCUT2D eigenvalue weighted by Crippen LogP contribution is -2.60. The second-order valence-electron chi connectivity index (χ2n) is 11.7. The molecule has 10 heteroatoms. The summed E-state index contributed by atoms with van der Waals surface area (Å²) >= 11 is 1.69. The van der Waals surface area contributed by atoms with E-state index in [1.165, 1.54) is 0 Å². The van der Waals surface area contributed by atoms with Gasteiger partial charge in [0.15, 0.2) is 0 Å². The molecule has 5 atom stereocenters. The Balaban J connectivity index is 1.41. The minimum absolute atomic E-state index is 0.299. The van der Waals surface area contributed by atoms with Crippen LogP contribution in [0.25, 0.3) is 0 Å². The van der Waals surface area contributed by atoms with Gasteiger partial charge < -0.3 is 42.6 Å². The highest BCUT2D eigenvalue weighted by Crippen LogP contribution is 2.36. The predicted octanol–water partition coefficient (Wildman–Crippen LogP) is 7.47. The summed E-state index contributed by atoms with van der Waals surface area (Å²) in [6.07, 6.45) is -1.88. The van der Waals surface area contributed by atoms with Crippen LogP contribution in [0.3, 0.4) is 0 Å². The number of hydrogen-bond acceptors (Lipinski definition) is 10. The Kier molecular flexibility index (Phi) is 14.7. The van der Waals surface area contributed by atoms with E-state index in [0.717, 1.165) is 51.0 Å². The molecule has 1 heterocycles. The summed E-state index contributed by atoms with van der Waals surface area (Å²) in [6.45, 7) is 3.88. The van der Waals surface area contributed by atoms with Crippen LogP contribution < -0.4 is 18.9 Å². The van der Waals surface area contributed by atoms with Crippen molar-refractivity contribution < 1.29 is 42.6 Å². The van der Waals surface area contributed by atoms with Gasteiger partial charge in [-0.3, -0.25) is 0 Å². The molecular formula is C40H48O9S. The topological polar surface area (TPSA) is 83.1 Å². The number of rotatable bonds is 19. The van der Waals surface area contributed by atoms with Gasteiger partial charge in [-0.25, -0.2) is 0 Å². The van der Waals surface area contributed by atoms with Gasteiger partial charge in [0.1, 0.15) is 52.8 Å². The molecule has 1 saturated heterocycles. The van der Waals surface area contributed by atoms with Crippen molar-refractivity contribution in [3.63, 3.8) is 0 Å². The maximum Gasteiger partial charge on any atom is 0.132 e. The zero-order valence-corrected chi connectivity index (χ0v) is 30.3. The molecular weight excluding hydrogens is 656 g/mol. The van der Waals surface area contributed by atoms with E-state index in [0.29, 0.717) is 33.0 Å². The Bertz CT molecular complexity index is 1530. The standard InChI is InChI=1S/C40H48O9S/c1-6-50-40-39(48-26-31-13-21-35(44-5)22-14-31)38(47-25-30-11-19-34(43-4)20-12-30)37(46-24-29-9-17-33(42-3)18-10-29)36(49-40)27-45-23-28-7-15-32(41-2)16-8-28/h7-22,36-40H,6,23-27H2,1-5H3/t36?,37-,38+,39?,40+/m1/s1. The molecule has 4 aromatic carbocycles. The Hall–Kier alpha value is -3.77. The van der Waals surface area contributed by atoms with Crippen LogP contribution in [-0.4, -0.2) is 70.7 Å². The lowest BCUT2D eigenvalue weighted by Gasteiger charge is -2.46. The highest BCUT2D eigenvalue weighted by Gasteiger charge is 2.48. The average Bonchev–Trinajstić information content (AvgIpc) is 3.17. The maximum absolute atomic E-state index is 6.82. The summed E-state index contributed by atoms with van der Waals surface area (Å²) in [5.74, 6) is 3.99. The van der Waals surface area contributed by atoms with Gasteiger partial charge in [-0.05, 0) is 76.5 Å². The first-order valence-corrected chi connectivity index (χ1v) is 17.8. The Morgan fingerprint density at radius 2 is 0.840 bits per heavy atom. The fourth-order valence-electron chi connectivity index (χ4n) is 5.64. The molecule has 0 N–H and O–H groups in total. The first kappa shape index (κ1) is 37.5. The van der Waals surface area contributed by atoms with Crippen LogP contribution in [-0.2, 0) is 50.1 Å². The SMILES string of the molecule is CCS[C@@H]1OC(COCc2ccc(OC)cc2)[C@@H](OCc2ccc(OC)cc2)[C@H](OCc2ccc(OC)cc2)C1OCc1ccc(OC)cc1. The molecule has 1 aliphatic heterocycles. The summed E-state index contributed by atoms with van der Waals surface area (Å²) in [6, 6.07) is 31.5. The number of benzene rings is 4. The third kappa shape index (κ3) is 10.6. The van der Waals surface area contributed by atoms with Crippen LogP contribution >= 0.6 is 11.8 Å². The van der Waals surface area contributed by atoms with Crippen LogP contribution in [0, 0.1) is 0 Å². The summed E-state index contributed by atoms with van der Waals surface area (Å²) < 4.78 is 54.8. The largest absolute Gasteiger partial charge is 0.497 e. The molecule has 1 aliphatic rings. The van der Waals surface area contributed by atoms with E-state index in [2.05, 4.69) is 6.92 Å². The molecule has 4 aromatic rings. The molecule has 0 spiro atoms. The quantitative estimate of drug-likeness (QED) is 0.0981. The van der Waals surface area contributed by atoms with Crippen molar-refractivity contribution in [2.45, 2.75) is 63.2 Å². The number of ether oxygens (including phenoxy) is 9. The van der Waals surface area contributed by atoms with E-state index in [1.54, 1.807) is 40.2 Å². The summed E-state index contributed by atoms with van der Waals surface area (Å²) in [4.78, 5) is 0. The number of thioether (sulfide) groups is 1. The predicted molar refractivity (Wildman–Crippen MR) is 194 cm³/mol. The lowest BCUT2D eigenvalue weighted by atomic mass is 9.98. The van der Waals surface area contributed by atoms with Crippen LogP contribution in [0.15, 0.2) is 97.1 Å².